The van der Waals surface area contributed by atoms with E-state index < -0.39 is 0 Å². The maximum absolute atomic E-state index is 6.08. The zero-order valence-corrected chi connectivity index (χ0v) is 16.5. The number of benzene rings is 1. The molecular formula is C22H24N4S. The maximum atomic E-state index is 6.08. The number of fused-ring (bicyclic) bond motifs is 1. The van der Waals surface area contributed by atoms with Gasteiger partial charge in [-0.3, -0.25) is 9.30 Å². The predicted octanol–water partition coefficient (Wildman–Crippen LogP) is 5.06. The first-order chi connectivity index (χ1) is 13.1. The quantitative estimate of drug-likeness (QED) is 0.512. The van der Waals surface area contributed by atoms with Crippen LogP contribution in [-0.2, 0) is 13.1 Å². The van der Waals surface area contributed by atoms with Gasteiger partial charge in [-0.15, -0.1) is 11.3 Å². The summed E-state index contributed by atoms with van der Waals surface area (Å²) >= 11 is 1.72. The van der Waals surface area contributed by atoms with Gasteiger partial charge in [0.15, 0.2) is 0 Å². The molecule has 0 aliphatic carbocycles. The summed E-state index contributed by atoms with van der Waals surface area (Å²) in [6, 6.07) is 19.1. The van der Waals surface area contributed by atoms with E-state index in [4.69, 9.17) is 10.7 Å². The van der Waals surface area contributed by atoms with Crippen LogP contribution in [0.25, 0.3) is 16.2 Å². The van der Waals surface area contributed by atoms with Gasteiger partial charge in [-0.2, -0.15) is 0 Å². The summed E-state index contributed by atoms with van der Waals surface area (Å²) in [4.78, 5) is 8.57. The lowest BCUT2D eigenvalue weighted by molar-refractivity contribution is 0.201. The second kappa shape index (κ2) is 7.55. The molecule has 0 saturated carbocycles. The highest BCUT2D eigenvalue weighted by molar-refractivity contribution is 7.13. The van der Waals surface area contributed by atoms with Crippen molar-refractivity contribution in [2.75, 3.05) is 5.73 Å². The van der Waals surface area contributed by atoms with Gasteiger partial charge in [-0.1, -0.05) is 36.4 Å². The summed E-state index contributed by atoms with van der Waals surface area (Å²) in [6.45, 7) is 6.19. The van der Waals surface area contributed by atoms with Gasteiger partial charge in [0.1, 0.15) is 11.3 Å². The minimum Gasteiger partial charge on any atom is -0.398 e. The Kier molecular flexibility index (Phi) is 4.97. The van der Waals surface area contributed by atoms with Gasteiger partial charge in [0.2, 0.25) is 0 Å². The van der Waals surface area contributed by atoms with Crippen LogP contribution in [0.1, 0.15) is 25.1 Å². The van der Waals surface area contributed by atoms with Gasteiger partial charge in [0.25, 0.3) is 0 Å². The smallest absolute Gasteiger partial charge is 0.137 e. The van der Waals surface area contributed by atoms with Crippen LogP contribution in [0.2, 0.25) is 0 Å². The van der Waals surface area contributed by atoms with Crippen LogP contribution in [-0.4, -0.2) is 20.3 Å². The number of imidazole rings is 1. The van der Waals surface area contributed by atoms with Crippen molar-refractivity contribution in [1.82, 2.24) is 14.3 Å². The molecule has 0 spiro atoms. The molecule has 0 atom stereocenters. The third kappa shape index (κ3) is 3.75. The van der Waals surface area contributed by atoms with Gasteiger partial charge in [-0.25, -0.2) is 4.98 Å². The lowest BCUT2D eigenvalue weighted by Crippen LogP contribution is -2.30. The molecule has 4 aromatic rings. The van der Waals surface area contributed by atoms with Gasteiger partial charge < -0.3 is 5.73 Å². The third-order valence-electron chi connectivity index (χ3n) is 4.81. The summed E-state index contributed by atoms with van der Waals surface area (Å²) in [7, 11) is 0. The van der Waals surface area contributed by atoms with Crippen molar-refractivity contribution >= 4 is 22.7 Å². The van der Waals surface area contributed by atoms with Crippen LogP contribution in [0.15, 0.2) is 66.2 Å². The molecule has 5 heteroatoms. The minimum absolute atomic E-state index is 0.410. The molecule has 0 amide bonds. The van der Waals surface area contributed by atoms with E-state index in [1.54, 1.807) is 11.3 Å². The van der Waals surface area contributed by atoms with Crippen LogP contribution in [0.5, 0.6) is 0 Å². The van der Waals surface area contributed by atoms with Crippen molar-refractivity contribution in [3.63, 3.8) is 0 Å². The fraction of sp³-hybridized carbons (Fsp3) is 0.227. The van der Waals surface area contributed by atoms with Crippen LogP contribution < -0.4 is 5.73 Å². The molecule has 2 N–H and O–H groups in total. The van der Waals surface area contributed by atoms with Crippen molar-refractivity contribution in [1.29, 1.82) is 0 Å². The normalized spacial score (nSPS) is 11.7. The second-order valence-corrected chi connectivity index (χ2v) is 8.01. The average Bonchev–Trinajstić information content (AvgIpc) is 3.30. The Hall–Kier alpha value is -2.63. The molecular weight excluding hydrogens is 352 g/mol. The average molecular weight is 377 g/mol. The summed E-state index contributed by atoms with van der Waals surface area (Å²) in [5.74, 6) is 0. The summed E-state index contributed by atoms with van der Waals surface area (Å²) < 4.78 is 2.14. The molecule has 138 valence electrons. The molecule has 0 saturated heterocycles. The largest absolute Gasteiger partial charge is 0.398 e. The maximum Gasteiger partial charge on any atom is 0.137 e. The van der Waals surface area contributed by atoms with Gasteiger partial charge in [-0.05, 0) is 43.0 Å². The minimum atomic E-state index is 0.410. The number of pyridine rings is 1. The summed E-state index contributed by atoms with van der Waals surface area (Å²) in [5, 5.41) is 2.10. The van der Waals surface area contributed by atoms with E-state index in [-0.39, 0.29) is 0 Å². The number of nitrogen functional groups attached to an aromatic ring is 1. The van der Waals surface area contributed by atoms with Crippen molar-refractivity contribution < 1.29 is 0 Å². The van der Waals surface area contributed by atoms with Gasteiger partial charge in [0, 0.05) is 31.0 Å². The Bertz CT molecular complexity index is 1020. The molecule has 4 nitrogen and oxygen atoms in total. The number of thiophene rings is 1. The molecule has 0 radical (unpaired) electrons. The molecule has 0 aliphatic rings. The Labute approximate surface area is 163 Å². The Morgan fingerprint density at radius 3 is 2.56 bits per heavy atom. The van der Waals surface area contributed by atoms with E-state index in [0.29, 0.717) is 6.04 Å². The van der Waals surface area contributed by atoms with E-state index >= 15 is 0 Å². The van der Waals surface area contributed by atoms with E-state index in [2.05, 4.69) is 71.0 Å². The molecule has 0 aliphatic heterocycles. The fourth-order valence-electron chi connectivity index (χ4n) is 3.30. The van der Waals surface area contributed by atoms with Crippen LogP contribution in [0.4, 0.5) is 5.69 Å². The van der Waals surface area contributed by atoms with Crippen molar-refractivity contribution in [3.05, 3.63) is 77.4 Å². The van der Waals surface area contributed by atoms with Crippen molar-refractivity contribution in [2.24, 2.45) is 0 Å². The molecule has 0 fully saturated rings. The Morgan fingerprint density at radius 2 is 1.85 bits per heavy atom. The number of hydrogen-bond acceptors (Lipinski definition) is 4. The molecule has 27 heavy (non-hydrogen) atoms. The topological polar surface area (TPSA) is 46.6 Å². The second-order valence-electron chi connectivity index (χ2n) is 7.06. The lowest BCUT2D eigenvalue weighted by Gasteiger charge is -2.27. The standard InChI is InChI=1S/C22H24N4S/c1-16(2)25(13-17-7-4-3-5-8-17)15-19-22(20-9-6-12-27-20)24-21-11-10-18(23)14-26(19)21/h3-12,14,16H,13,15,23H2,1-2H3. The molecule has 1 aromatic carbocycles. The summed E-state index contributed by atoms with van der Waals surface area (Å²) in [5.41, 5.74) is 11.3. The number of nitrogens with zero attached hydrogens (tertiary/aromatic N) is 3. The lowest BCUT2D eigenvalue weighted by atomic mass is 10.1. The zero-order valence-electron chi connectivity index (χ0n) is 15.7. The first-order valence-corrected chi connectivity index (χ1v) is 10.1. The van der Waals surface area contributed by atoms with Crippen LogP contribution in [0, 0.1) is 0 Å². The van der Waals surface area contributed by atoms with E-state index in [1.165, 1.54) is 16.1 Å². The van der Waals surface area contributed by atoms with Crippen LogP contribution in [0.3, 0.4) is 0 Å². The van der Waals surface area contributed by atoms with E-state index in [1.807, 2.05) is 18.3 Å². The van der Waals surface area contributed by atoms with Crippen molar-refractivity contribution in [2.45, 2.75) is 33.0 Å². The number of anilines is 1. The number of aromatic nitrogens is 2. The Balaban J connectivity index is 1.76. The monoisotopic (exact) mass is 376 g/mol. The van der Waals surface area contributed by atoms with E-state index in [9.17, 15) is 0 Å². The van der Waals surface area contributed by atoms with Crippen molar-refractivity contribution in [3.8, 4) is 10.6 Å². The molecule has 0 unspecified atom stereocenters. The zero-order chi connectivity index (χ0) is 18.8. The predicted molar refractivity (Wildman–Crippen MR) is 114 cm³/mol. The van der Waals surface area contributed by atoms with Gasteiger partial charge >= 0.3 is 0 Å². The fourth-order valence-corrected chi connectivity index (χ4v) is 4.04. The molecule has 3 heterocycles. The van der Waals surface area contributed by atoms with Gasteiger partial charge in [0.05, 0.1) is 10.6 Å². The molecule has 3 aromatic heterocycles. The van der Waals surface area contributed by atoms with Crippen LogP contribution >= 0.6 is 11.3 Å². The first kappa shape index (κ1) is 17.8. The Morgan fingerprint density at radius 1 is 1.04 bits per heavy atom. The SMILES string of the molecule is CC(C)N(Cc1ccccc1)Cc1c(-c2cccs2)nc2ccc(N)cn12. The highest BCUT2D eigenvalue weighted by Gasteiger charge is 2.19. The number of nitrogens with two attached hydrogens (primary N) is 1. The first-order valence-electron chi connectivity index (χ1n) is 9.20. The van der Waals surface area contributed by atoms with E-state index in [0.717, 1.165) is 30.1 Å². The highest BCUT2D eigenvalue weighted by Crippen LogP contribution is 2.30. The third-order valence-corrected chi connectivity index (χ3v) is 5.68. The molecule has 0 bridgehead atoms. The number of rotatable bonds is 6. The highest BCUT2D eigenvalue weighted by atomic mass is 32.1. The summed E-state index contributed by atoms with van der Waals surface area (Å²) in [6.07, 6.45) is 1.98. The molecule has 4 rings (SSSR count). The number of hydrogen-bond donors (Lipinski definition) is 1.